The van der Waals surface area contributed by atoms with Crippen LogP contribution >= 0.6 is 43.5 Å². The van der Waals surface area contributed by atoms with Gasteiger partial charge in [-0.25, -0.2) is 0 Å². The molecule has 2 aromatic rings. The molecule has 0 saturated carbocycles. The van der Waals surface area contributed by atoms with E-state index in [1.807, 2.05) is 26.0 Å². The Morgan fingerprint density at radius 3 is 2.32 bits per heavy atom. The van der Waals surface area contributed by atoms with E-state index in [2.05, 4.69) is 31.9 Å². The lowest BCUT2D eigenvalue weighted by Gasteiger charge is -2.10. The van der Waals surface area contributed by atoms with Crippen LogP contribution < -0.4 is 0 Å². The van der Waals surface area contributed by atoms with Crippen LogP contribution in [-0.4, -0.2) is 5.78 Å². The van der Waals surface area contributed by atoms with Crippen LogP contribution in [0.25, 0.3) is 0 Å². The molecule has 0 aromatic heterocycles. The molecule has 0 unspecified atom stereocenters. The Hall–Kier alpha value is -0.640. The smallest absolute Gasteiger partial charge is 0.194 e. The third kappa shape index (κ3) is 3.10. The number of carbonyl (C=O) groups is 1. The highest BCUT2D eigenvalue weighted by atomic mass is 79.9. The molecule has 0 aliphatic heterocycles. The lowest BCUT2D eigenvalue weighted by molar-refractivity contribution is 0.103. The number of carbonyl (C=O) groups excluding carboxylic acids is 1. The summed E-state index contributed by atoms with van der Waals surface area (Å²) in [5.41, 5.74) is 3.25. The van der Waals surface area contributed by atoms with Crippen molar-refractivity contribution in [1.29, 1.82) is 0 Å². The van der Waals surface area contributed by atoms with E-state index in [1.54, 1.807) is 18.2 Å². The molecule has 0 amide bonds. The van der Waals surface area contributed by atoms with Gasteiger partial charge in [0.1, 0.15) is 0 Å². The predicted molar refractivity (Wildman–Crippen MR) is 86.2 cm³/mol. The summed E-state index contributed by atoms with van der Waals surface area (Å²) in [7, 11) is 0. The summed E-state index contributed by atoms with van der Waals surface area (Å²) in [6.45, 7) is 3.89. The van der Waals surface area contributed by atoms with E-state index >= 15 is 0 Å². The molecule has 0 heterocycles. The van der Waals surface area contributed by atoms with E-state index in [1.165, 1.54) is 0 Å². The highest BCUT2D eigenvalue weighted by Crippen LogP contribution is 2.27. The summed E-state index contributed by atoms with van der Waals surface area (Å²) in [6, 6.07) is 9.08. The van der Waals surface area contributed by atoms with Crippen molar-refractivity contribution in [1.82, 2.24) is 0 Å². The van der Waals surface area contributed by atoms with E-state index in [-0.39, 0.29) is 5.78 Å². The molecule has 0 radical (unpaired) electrons. The minimum Gasteiger partial charge on any atom is -0.289 e. The third-order valence-corrected chi connectivity index (χ3v) is 4.70. The van der Waals surface area contributed by atoms with Gasteiger partial charge in [0.2, 0.25) is 0 Å². The monoisotopic (exact) mass is 400 g/mol. The second kappa shape index (κ2) is 5.78. The van der Waals surface area contributed by atoms with E-state index in [9.17, 15) is 4.79 Å². The first-order valence-corrected chi connectivity index (χ1v) is 7.63. The minimum atomic E-state index is -0.0255. The summed E-state index contributed by atoms with van der Waals surface area (Å²) < 4.78 is 1.76. The molecule has 0 spiro atoms. The van der Waals surface area contributed by atoms with Gasteiger partial charge in [-0.3, -0.25) is 4.79 Å². The summed E-state index contributed by atoms with van der Waals surface area (Å²) in [6.07, 6.45) is 0. The maximum atomic E-state index is 12.6. The second-order valence-electron chi connectivity index (χ2n) is 4.37. The Kier molecular flexibility index (Phi) is 4.49. The summed E-state index contributed by atoms with van der Waals surface area (Å²) >= 11 is 12.8. The number of hydrogen-bond acceptors (Lipinski definition) is 1. The normalized spacial score (nSPS) is 10.6. The van der Waals surface area contributed by atoms with Crippen LogP contribution in [0.5, 0.6) is 0 Å². The van der Waals surface area contributed by atoms with Gasteiger partial charge in [-0.1, -0.05) is 43.5 Å². The molecule has 0 N–H and O–H groups in total. The molecule has 0 aliphatic carbocycles. The number of halogens is 3. The molecule has 0 fully saturated rings. The van der Waals surface area contributed by atoms with Crippen molar-refractivity contribution >= 4 is 49.2 Å². The number of hydrogen-bond donors (Lipinski definition) is 0. The summed E-state index contributed by atoms with van der Waals surface area (Å²) in [5, 5.41) is 0.554. The molecular formula is C15H11Br2ClO. The molecular weight excluding hydrogens is 391 g/mol. The fraction of sp³-hybridized carbons (Fsp3) is 0.133. The minimum absolute atomic E-state index is 0.0255. The zero-order chi connectivity index (χ0) is 14.2. The Labute approximate surface area is 134 Å². The molecule has 19 heavy (non-hydrogen) atoms. The molecule has 4 heteroatoms. The molecule has 0 bridgehead atoms. The Morgan fingerprint density at radius 2 is 1.63 bits per heavy atom. The molecule has 0 atom stereocenters. The fourth-order valence-corrected chi connectivity index (χ4v) is 2.90. The lowest BCUT2D eigenvalue weighted by atomic mass is 9.97. The van der Waals surface area contributed by atoms with E-state index in [0.29, 0.717) is 16.1 Å². The molecule has 0 saturated heterocycles. The average Bonchev–Trinajstić information content (AvgIpc) is 2.36. The van der Waals surface area contributed by atoms with Gasteiger partial charge in [-0.15, -0.1) is 0 Å². The van der Waals surface area contributed by atoms with Crippen molar-refractivity contribution < 1.29 is 4.79 Å². The molecule has 98 valence electrons. The number of aryl methyl sites for hydroxylation is 2. The van der Waals surface area contributed by atoms with Crippen LogP contribution in [-0.2, 0) is 0 Å². The van der Waals surface area contributed by atoms with Crippen molar-refractivity contribution in [3.63, 3.8) is 0 Å². The third-order valence-electron chi connectivity index (χ3n) is 2.92. The van der Waals surface area contributed by atoms with E-state index in [0.717, 1.165) is 20.1 Å². The first kappa shape index (κ1) is 14.8. The first-order chi connectivity index (χ1) is 8.90. The fourth-order valence-electron chi connectivity index (χ4n) is 1.84. The highest BCUT2D eigenvalue weighted by molar-refractivity contribution is 9.10. The van der Waals surface area contributed by atoms with Crippen molar-refractivity contribution in [2.45, 2.75) is 13.8 Å². The van der Waals surface area contributed by atoms with Crippen molar-refractivity contribution in [2.24, 2.45) is 0 Å². The quantitative estimate of drug-likeness (QED) is 0.588. The van der Waals surface area contributed by atoms with Gasteiger partial charge in [0, 0.05) is 25.1 Å². The van der Waals surface area contributed by atoms with E-state index < -0.39 is 0 Å². The number of benzene rings is 2. The van der Waals surface area contributed by atoms with Gasteiger partial charge in [-0.2, -0.15) is 0 Å². The van der Waals surface area contributed by atoms with Crippen molar-refractivity contribution in [2.75, 3.05) is 0 Å². The maximum Gasteiger partial charge on any atom is 0.194 e. The van der Waals surface area contributed by atoms with Crippen molar-refractivity contribution in [3.8, 4) is 0 Å². The topological polar surface area (TPSA) is 17.1 Å². The molecule has 2 aromatic carbocycles. The largest absolute Gasteiger partial charge is 0.289 e. The van der Waals surface area contributed by atoms with Gasteiger partial charge >= 0.3 is 0 Å². The Balaban J connectivity index is 2.56. The maximum absolute atomic E-state index is 12.6. The average molecular weight is 403 g/mol. The Bertz CT molecular complexity index is 665. The van der Waals surface area contributed by atoms with Crippen LogP contribution in [0.1, 0.15) is 27.0 Å². The molecule has 1 nitrogen and oxygen atoms in total. The van der Waals surface area contributed by atoms with Crippen LogP contribution in [0, 0.1) is 13.8 Å². The van der Waals surface area contributed by atoms with Gasteiger partial charge in [0.05, 0.1) is 0 Å². The highest BCUT2D eigenvalue weighted by Gasteiger charge is 2.16. The predicted octanol–water partition coefficient (Wildman–Crippen LogP) is 5.71. The number of ketones is 1. The van der Waals surface area contributed by atoms with Crippen LogP contribution in [0.4, 0.5) is 0 Å². The molecule has 2 rings (SSSR count). The van der Waals surface area contributed by atoms with Gasteiger partial charge in [0.25, 0.3) is 0 Å². The first-order valence-electron chi connectivity index (χ1n) is 5.66. The Morgan fingerprint density at radius 1 is 0.947 bits per heavy atom. The zero-order valence-electron chi connectivity index (χ0n) is 10.4. The van der Waals surface area contributed by atoms with Crippen LogP contribution in [0.15, 0.2) is 39.3 Å². The zero-order valence-corrected chi connectivity index (χ0v) is 14.4. The van der Waals surface area contributed by atoms with Gasteiger partial charge in [0.15, 0.2) is 5.78 Å². The molecule has 0 aliphatic rings. The van der Waals surface area contributed by atoms with Crippen LogP contribution in [0.2, 0.25) is 5.02 Å². The number of rotatable bonds is 2. The standard InChI is InChI=1S/C15H11Br2ClO/c1-8-6-14(17)9(2)5-11(8)15(19)12-7-10(18)3-4-13(12)16/h3-7H,1-2H3. The van der Waals surface area contributed by atoms with Gasteiger partial charge < -0.3 is 0 Å². The SMILES string of the molecule is Cc1cc(C(=O)c2cc(Cl)ccc2Br)c(C)cc1Br. The second-order valence-corrected chi connectivity index (χ2v) is 6.51. The summed E-state index contributed by atoms with van der Waals surface area (Å²) in [5.74, 6) is -0.0255. The lowest BCUT2D eigenvalue weighted by Crippen LogP contribution is -2.05. The van der Waals surface area contributed by atoms with Gasteiger partial charge in [-0.05, 0) is 55.3 Å². The van der Waals surface area contributed by atoms with Crippen molar-refractivity contribution in [3.05, 3.63) is 66.6 Å². The van der Waals surface area contributed by atoms with E-state index in [4.69, 9.17) is 11.6 Å². The summed E-state index contributed by atoms with van der Waals surface area (Å²) in [4.78, 5) is 12.6. The van der Waals surface area contributed by atoms with Crippen LogP contribution in [0.3, 0.4) is 0 Å².